The lowest BCUT2D eigenvalue weighted by Gasteiger charge is -2.47. The van der Waals surface area contributed by atoms with Crippen LogP contribution in [0.3, 0.4) is 0 Å². The number of ether oxygens (including phenoxy) is 1. The molecular formula is C22H30F2O5S. The summed E-state index contributed by atoms with van der Waals surface area (Å²) in [7, 11) is -5.86. The van der Waals surface area contributed by atoms with Crippen molar-refractivity contribution in [3.63, 3.8) is 0 Å². The van der Waals surface area contributed by atoms with E-state index in [4.69, 9.17) is 9.29 Å². The molecule has 2 saturated carbocycles. The zero-order chi connectivity index (χ0) is 22.0. The van der Waals surface area contributed by atoms with Gasteiger partial charge in [0.1, 0.15) is 0 Å². The van der Waals surface area contributed by atoms with Gasteiger partial charge in [0.2, 0.25) is 0 Å². The van der Waals surface area contributed by atoms with Gasteiger partial charge in [-0.25, -0.2) is 4.79 Å². The Kier molecular flexibility index (Phi) is 6.87. The number of alkyl halides is 2. The normalized spacial score (nSPS) is 26.9. The predicted molar refractivity (Wildman–Crippen MR) is 109 cm³/mol. The highest BCUT2D eigenvalue weighted by Crippen LogP contribution is 2.51. The Bertz CT molecular complexity index is 839. The van der Waals surface area contributed by atoms with Gasteiger partial charge in [-0.2, -0.15) is 17.2 Å². The molecule has 0 spiro atoms. The zero-order valence-corrected chi connectivity index (χ0v) is 18.1. The van der Waals surface area contributed by atoms with E-state index >= 15 is 0 Å². The van der Waals surface area contributed by atoms with Gasteiger partial charge in [0.05, 0.1) is 6.61 Å². The third kappa shape index (κ3) is 5.19. The topological polar surface area (TPSA) is 80.7 Å². The maximum atomic E-state index is 13.6. The molecule has 0 saturated heterocycles. The van der Waals surface area contributed by atoms with E-state index in [1.165, 1.54) is 5.56 Å². The summed E-state index contributed by atoms with van der Waals surface area (Å²) in [6.45, 7) is 1.83. The van der Waals surface area contributed by atoms with E-state index in [-0.39, 0.29) is 6.61 Å². The molecule has 1 aromatic rings. The van der Waals surface area contributed by atoms with Gasteiger partial charge in [0.15, 0.2) is 0 Å². The average molecular weight is 445 g/mol. The molecule has 168 valence electrons. The van der Waals surface area contributed by atoms with Gasteiger partial charge >= 0.3 is 21.3 Å². The van der Waals surface area contributed by atoms with Crippen molar-refractivity contribution in [3.8, 4) is 0 Å². The second kappa shape index (κ2) is 8.91. The first-order valence-corrected chi connectivity index (χ1v) is 12.1. The molecule has 1 N–H and O–H groups in total. The Balaban J connectivity index is 1.73. The molecule has 1 aromatic carbocycles. The third-order valence-electron chi connectivity index (χ3n) is 6.78. The number of carbonyl (C=O) groups excluding carboxylic acids is 1. The summed E-state index contributed by atoms with van der Waals surface area (Å²) in [5.74, 6) is -1.26. The lowest BCUT2D eigenvalue weighted by molar-refractivity contribution is -0.167. The summed E-state index contributed by atoms with van der Waals surface area (Å²) >= 11 is 0. The van der Waals surface area contributed by atoms with Crippen molar-refractivity contribution in [1.29, 1.82) is 0 Å². The largest absolute Gasteiger partial charge is 0.465 e. The van der Waals surface area contributed by atoms with Crippen LogP contribution in [-0.2, 0) is 32.5 Å². The fourth-order valence-corrected chi connectivity index (χ4v) is 5.50. The molecule has 0 aliphatic heterocycles. The van der Waals surface area contributed by atoms with Gasteiger partial charge in [-0.3, -0.25) is 4.55 Å². The minimum absolute atomic E-state index is 0.253. The summed E-state index contributed by atoms with van der Waals surface area (Å²) in [6, 6.07) is 8.28. The van der Waals surface area contributed by atoms with Crippen LogP contribution in [0.15, 0.2) is 24.3 Å². The average Bonchev–Trinajstić information content (AvgIpc) is 2.70. The van der Waals surface area contributed by atoms with Crippen molar-refractivity contribution in [3.05, 3.63) is 35.4 Å². The standard InChI is InChI=1S/C22H30F2O5S/c1-2-16-6-8-17(9-7-16)10-11-21(13-18-4-3-5-19(12-18)14-21)15-29-20(25)22(23,24)30(26,27)28/h6-9,18-19H,2-5,10-15H2,1H3,(H,26,27,28). The summed E-state index contributed by atoms with van der Waals surface area (Å²) in [5, 5.41) is -4.95. The van der Waals surface area contributed by atoms with Gasteiger partial charge in [-0.1, -0.05) is 50.5 Å². The number of fused-ring (bicyclic) bond motifs is 2. The second-order valence-electron chi connectivity index (χ2n) is 9.04. The van der Waals surface area contributed by atoms with Crippen molar-refractivity contribution < 1.29 is 31.3 Å². The lowest BCUT2D eigenvalue weighted by atomic mass is 9.59. The summed E-state index contributed by atoms with van der Waals surface area (Å²) in [5.41, 5.74) is 1.92. The first kappa shape index (κ1) is 23.1. The molecule has 30 heavy (non-hydrogen) atoms. The molecule has 2 unspecified atom stereocenters. The van der Waals surface area contributed by atoms with Crippen molar-refractivity contribution in [2.24, 2.45) is 17.3 Å². The Morgan fingerprint density at radius 3 is 2.27 bits per heavy atom. The van der Waals surface area contributed by atoms with Crippen LogP contribution in [-0.4, -0.2) is 30.8 Å². The molecule has 2 bridgehead atoms. The Morgan fingerprint density at radius 2 is 1.73 bits per heavy atom. The van der Waals surface area contributed by atoms with Crippen LogP contribution in [0.1, 0.15) is 63.0 Å². The van der Waals surface area contributed by atoms with Crippen molar-refractivity contribution >= 4 is 16.1 Å². The molecule has 3 rings (SSSR count). The first-order valence-electron chi connectivity index (χ1n) is 10.6. The molecule has 0 heterocycles. The SMILES string of the molecule is CCc1ccc(CCC2(COC(=O)C(F)(F)S(=O)(=O)O)CC3CCCC(C3)C2)cc1. The second-order valence-corrected chi connectivity index (χ2v) is 10.5. The van der Waals surface area contributed by atoms with Crippen LogP contribution in [0, 0.1) is 17.3 Å². The molecule has 2 fully saturated rings. The summed E-state index contributed by atoms with van der Waals surface area (Å²) in [4.78, 5) is 11.8. The molecule has 0 radical (unpaired) electrons. The van der Waals surface area contributed by atoms with Gasteiger partial charge in [0, 0.05) is 5.41 Å². The van der Waals surface area contributed by atoms with Gasteiger partial charge < -0.3 is 4.74 Å². The maximum Gasteiger partial charge on any atom is 0.465 e. The molecule has 2 aliphatic rings. The Labute approximate surface area is 176 Å². The number of hydrogen-bond donors (Lipinski definition) is 1. The highest BCUT2D eigenvalue weighted by Gasteiger charge is 2.55. The minimum Gasteiger partial charge on any atom is -0.460 e. The smallest absolute Gasteiger partial charge is 0.460 e. The molecule has 2 atom stereocenters. The Morgan fingerprint density at radius 1 is 1.17 bits per heavy atom. The van der Waals surface area contributed by atoms with Crippen LogP contribution in [0.5, 0.6) is 0 Å². The maximum absolute atomic E-state index is 13.6. The quantitative estimate of drug-likeness (QED) is 0.461. The van der Waals surface area contributed by atoms with E-state index in [0.717, 1.165) is 56.9 Å². The van der Waals surface area contributed by atoms with Crippen LogP contribution in [0.4, 0.5) is 8.78 Å². The molecule has 0 aromatic heterocycles. The number of halogens is 2. The predicted octanol–water partition coefficient (Wildman–Crippen LogP) is 4.79. The number of benzene rings is 1. The molecule has 5 nitrogen and oxygen atoms in total. The van der Waals surface area contributed by atoms with Gasteiger partial charge in [0.25, 0.3) is 0 Å². The number of esters is 1. The van der Waals surface area contributed by atoms with E-state index in [1.54, 1.807) is 0 Å². The van der Waals surface area contributed by atoms with Gasteiger partial charge in [-0.05, 0) is 61.5 Å². The number of hydrogen-bond acceptors (Lipinski definition) is 4. The van der Waals surface area contributed by atoms with E-state index in [2.05, 4.69) is 31.2 Å². The Hall–Kier alpha value is -1.54. The first-order chi connectivity index (χ1) is 14.0. The molecule has 8 heteroatoms. The van der Waals surface area contributed by atoms with E-state index < -0.39 is 26.8 Å². The number of carbonyl (C=O) groups is 1. The highest BCUT2D eigenvalue weighted by atomic mass is 32.2. The van der Waals surface area contributed by atoms with Crippen molar-refractivity contribution in [1.82, 2.24) is 0 Å². The molecular weight excluding hydrogens is 414 g/mol. The zero-order valence-electron chi connectivity index (χ0n) is 17.3. The minimum atomic E-state index is -5.86. The highest BCUT2D eigenvalue weighted by molar-refractivity contribution is 7.87. The monoisotopic (exact) mass is 444 g/mol. The van der Waals surface area contributed by atoms with E-state index in [0.29, 0.717) is 18.3 Å². The van der Waals surface area contributed by atoms with Crippen molar-refractivity contribution in [2.75, 3.05) is 6.61 Å². The fourth-order valence-electron chi connectivity index (χ4n) is 5.23. The lowest BCUT2D eigenvalue weighted by Crippen LogP contribution is -2.44. The van der Waals surface area contributed by atoms with E-state index in [1.807, 2.05) is 0 Å². The van der Waals surface area contributed by atoms with Crippen LogP contribution >= 0.6 is 0 Å². The van der Waals surface area contributed by atoms with Crippen LogP contribution in [0.25, 0.3) is 0 Å². The third-order valence-corrected chi connectivity index (χ3v) is 7.60. The molecule has 2 aliphatic carbocycles. The fraction of sp³-hybridized carbons (Fsp3) is 0.682. The summed E-state index contributed by atoms with van der Waals surface area (Å²) in [6.07, 6.45) is 8.35. The van der Waals surface area contributed by atoms with E-state index in [9.17, 15) is 22.0 Å². The van der Waals surface area contributed by atoms with Crippen molar-refractivity contribution in [2.45, 2.75) is 70.0 Å². The van der Waals surface area contributed by atoms with Crippen LogP contribution in [0.2, 0.25) is 0 Å². The summed E-state index contributed by atoms with van der Waals surface area (Å²) < 4.78 is 62.5. The molecule has 0 amide bonds. The van der Waals surface area contributed by atoms with Crippen LogP contribution < -0.4 is 0 Å². The number of aryl methyl sites for hydroxylation is 2. The van der Waals surface area contributed by atoms with Gasteiger partial charge in [-0.15, -0.1) is 0 Å². The number of rotatable bonds is 8.